The van der Waals surface area contributed by atoms with E-state index in [0.717, 1.165) is 18.5 Å². The summed E-state index contributed by atoms with van der Waals surface area (Å²) < 4.78 is 13.6. The summed E-state index contributed by atoms with van der Waals surface area (Å²) in [4.78, 5) is 13.5. The Labute approximate surface area is 125 Å². The van der Waals surface area contributed by atoms with Crippen LogP contribution in [0.3, 0.4) is 0 Å². The molecule has 0 heterocycles. The van der Waals surface area contributed by atoms with Crippen molar-refractivity contribution in [3.8, 4) is 11.8 Å². The molecule has 0 unspecified atom stereocenters. The molecule has 0 aliphatic rings. The third-order valence-corrected chi connectivity index (χ3v) is 2.88. The maximum atomic E-state index is 13.6. The normalized spacial score (nSPS) is 10.1. The second-order valence-electron chi connectivity index (χ2n) is 4.74. The first-order chi connectivity index (χ1) is 10.1. The van der Waals surface area contributed by atoms with E-state index in [9.17, 15) is 9.18 Å². The van der Waals surface area contributed by atoms with Crippen molar-refractivity contribution in [2.75, 3.05) is 26.7 Å². The predicted octanol–water partition coefficient (Wildman–Crippen LogP) is 1.09. The van der Waals surface area contributed by atoms with Crippen molar-refractivity contribution in [2.24, 2.45) is 5.73 Å². The fourth-order valence-electron chi connectivity index (χ4n) is 2.04. The first kappa shape index (κ1) is 17.2. The molecule has 3 N–H and O–H groups in total. The zero-order chi connectivity index (χ0) is 15.7. The van der Waals surface area contributed by atoms with Gasteiger partial charge >= 0.3 is 0 Å². The molecule has 21 heavy (non-hydrogen) atoms. The zero-order valence-corrected chi connectivity index (χ0v) is 12.6. The average molecular weight is 291 g/mol. The molecule has 0 saturated carbocycles. The molecule has 0 bridgehead atoms. The van der Waals surface area contributed by atoms with E-state index in [1.165, 1.54) is 12.1 Å². The number of halogens is 1. The van der Waals surface area contributed by atoms with Gasteiger partial charge in [-0.05, 0) is 36.7 Å². The van der Waals surface area contributed by atoms with Crippen molar-refractivity contribution >= 4 is 5.91 Å². The Kier molecular flexibility index (Phi) is 7.44. The fraction of sp³-hybridized carbons (Fsp3) is 0.438. The van der Waals surface area contributed by atoms with Crippen LogP contribution in [0.4, 0.5) is 4.39 Å². The summed E-state index contributed by atoms with van der Waals surface area (Å²) in [6, 6.07) is 4.69. The first-order valence-corrected chi connectivity index (χ1v) is 7.00. The Hall–Kier alpha value is -1.90. The second-order valence-corrected chi connectivity index (χ2v) is 4.74. The Bertz CT molecular complexity index is 534. The number of nitrogens with one attached hydrogen (secondary N) is 1. The van der Waals surface area contributed by atoms with Gasteiger partial charge < -0.3 is 11.1 Å². The molecule has 0 spiro atoms. The monoisotopic (exact) mass is 291 g/mol. The number of hydrogen-bond donors (Lipinski definition) is 2. The summed E-state index contributed by atoms with van der Waals surface area (Å²) in [6.07, 6.45) is 0.923. The number of carbonyl (C=O) groups excluding carboxylic acids is 1. The standard InChI is InChI=1S/C16H22FN3O/c1-3-7-20(12-16(21)19-2)11-14-8-13(5-4-6-18)9-15(17)10-14/h8-10H,3,6-7,11-12,18H2,1-2H3,(H,19,21). The van der Waals surface area contributed by atoms with Crippen molar-refractivity contribution in [3.63, 3.8) is 0 Å². The molecule has 0 atom stereocenters. The Morgan fingerprint density at radius 3 is 2.81 bits per heavy atom. The highest BCUT2D eigenvalue weighted by Crippen LogP contribution is 2.11. The number of nitrogens with zero attached hydrogens (tertiary/aromatic N) is 1. The van der Waals surface area contributed by atoms with E-state index in [-0.39, 0.29) is 18.3 Å². The largest absolute Gasteiger partial charge is 0.358 e. The number of nitrogens with two attached hydrogens (primary N) is 1. The average Bonchev–Trinajstić information content (AvgIpc) is 2.44. The second kappa shape index (κ2) is 9.11. The number of likely N-dealkylation sites (N-methyl/N-ethyl adjacent to an activating group) is 1. The molecule has 0 aliphatic carbocycles. The van der Waals surface area contributed by atoms with Crippen molar-refractivity contribution in [1.29, 1.82) is 0 Å². The van der Waals surface area contributed by atoms with Gasteiger partial charge in [-0.15, -0.1) is 0 Å². The molecule has 1 rings (SSSR count). The van der Waals surface area contributed by atoms with Gasteiger partial charge in [0.25, 0.3) is 0 Å². The molecule has 1 aromatic carbocycles. The lowest BCUT2D eigenvalue weighted by Gasteiger charge is -2.21. The molecule has 114 valence electrons. The van der Waals surface area contributed by atoms with Gasteiger partial charge in [0.05, 0.1) is 13.1 Å². The van der Waals surface area contributed by atoms with Gasteiger partial charge in [-0.3, -0.25) is 9.69 Å². The summed E-state index contributed by atoms with van der Waals surface area (Å²) in [5.74, 6) is 5.16. The molecule has 0 fully saturated rings. The lowest BCUT2D eigenvalue weighted by Crippen LogP contribution is -2.35. The molecule has 0 aliphatic heterocycles. The number of hydrogen-bond acceptors (Lipinski definition) is 3. The van der Waals surface area contributed by atoms with Gasteiger partial charge in [0.1, 0.15) is 5.82 Å². The summed E-state index contributed by atoms with van der Waals surface area (Å²) in [6.45, 7) is 3.86. The van der Waals surface area contributed by atoms with Crippen LogP contribution in [0.25, 0.3) is 0 Å². The molecule has 5 heteroatoms. The molecule has 0 saturated heterocycles. The lowest BCUT2D eigenvalue weighted by atomic mass is 10.1. The molecular formula is C16H22FN3O. The Morgan fingerprint density at radius 2 is 2.19 bits per heavy atom. The minimum absolute atomic E-state index is 0.0528. The van der Waals surface area contributed by atoms with Crippen LogP contribution in [0.5, 0.6) is 0 Å². The van der Waals surface area contributed by atoms with Crippen LogP contribution in [-0.2, 0) is 11.3 Å². The van der Waals surface area contributed by atoms with Gasteiger partial charge in [0.2, 0.25) is 5.91 Å². The van der Waals surface area contributed by atoms with Crippen molar-refractivity contribution in [1.82, 2.24) is 10.2 Å². The quantitative estimate of drug-likeness (QED) is 0.772. The SMILES string of the molecule is CCCN(CC(=O)NC)Cc1cc(F)cc(C#CCN)c1. The summed E-state index contributed by atoms with van der Waals surface area (Å²) >= 11 is 0. The number of carbonyl (C=O) groups is 1. The molecule has 1 amide bonds. The minimum Gasteiger partial charge on any atom is -0.358 e. The number of amides is 1. The van der Waals surface area contributed by atoms with E-state index in [0.29, 0.717) is 18.7 Å². The molecular weight excluding hydrogens is 269 g/mol. The summed E-state index contributed by atoms with van der Waals surface area (Å²) in [5, 5.41) is 2.60. The van der Waals surface area contributed by atoms with Crippen LogP contribution in [0.1, 0.15) is 24.5 Å². The predicted molar refractivity (Wildman–Crippen MR) is 82.0 cm³/mol. The first-order valence-electron chi connectivity index (χ1n) is 7.00. The third kappa shape index (κ3) is 6.39. The van der Waals surface area contributed by atoms with Crippen LogP contribution >= 0.6 is 0 Å². The van der Waals surface area contributed by atoms with Crippen molar-refractivity contribution < 1.29 is 9.18 Å². The van der Waals surface area contributed by atoms with Gasteiger partial charge in [-0.1, -0.05) is 18.8 Å². The van der Waals surface area contributed by atoms with Crippen LogP contribution in [0.15, 0.2) is 18.2 Å². The number of rotatable bonds is 6. The molecule has 4 nitrogen and oxygen atoms in total. The van der Waals surface area contributed by atoms with Gasteiger partial charge in [-0.2, -0.15) is 0 Å². The highest BCUT2D eigenvalue weighted by molar-refractivity contribution is 5.77. The minimum atomic E-state index is -0.329. The van der Waals surface area contributed by atoms with E-state index in [2.05, 4.69) is 17.2 Å². The number of benzene rings is 1. The van der Waals surface area contributed by atoms with Gasteiger partial charge in [0.15, 0.2) is 0 Å². The third-order valence-electron chi connectivity index (χ3n) is 2.88. The highest BCUT2D eigenvalue weighted by Gasteiger charge is 2.10. The smallest absolute Gasteiger partial charge is 0.233 e. The van der Waals surface area contributed by atoms with Gasteiger partial charge in [0, 0.05) is 19.2 Å². The van der Waals surface area contributed by atoms with Crippen LogP contribution in [0.2, 0.25) is 0 Å². The summed E-state index contributed by atoms with van der Waals surface area (Å²) in [5.41, 5.74) is 6.73. The zero-order valence-electron chi connectivity index (χ0n) is 12.6. The van der Waals surface area contributed by atoms with Gasteiger partial charge in [-0.25, -0.2) is 4.39 Å². The maximum absolute atomic E-state index is 13.6. The topological polar surface area (TPSA) is 58.4 Å². The Balaban J connectivity index is 2.87. The van der Waals surface area contributed by atoms with E-state index in [1.54, 1.807) is 7.05 Å². The van der Waals surface area contributed by atoms with Crippen LogP contribution in [0, 0.1) is 17.7 Å². The van der Waals surface area contributed by atoms with Crippen LogP contribution in [-0.4, -0.2) is 37.5 Å². The molecule has 1 aromatic rings. The highest BCUT2D eigenvalue weighted by atomic mass is 19.1. The van der Waals surface area contributed by atoms with E-state index >= 15 is 0 Å². The summed E-state index contributed by atoms with van der Waals surface area (Å²) in [7, 11) is 1.61. The van der Waals surface area contributed by atoms with Crippen LogP contribution < -0.4 is 11.1 Å². The maximum Gasteiger partial charge on any atom is 0.233 e. The molecule has 0 radical (unpaired) electrons. The molecule has 0 aromatic heterocycles. The Morgan fingerprint density at radius 1 is 1.43 bits per heavy atom. The van der Waals surface area contributed by atoms with E-state index in [1.807, 2.05) is 17.9 Å². The van der Waals surface area contributed by atoms with E-state index < -0.39 is 0 Å². The van der Waals surface area contributed by atoms with Crippen molar-refractivity contribution in [2.45, 2.75) is 19.9 Å². The fourth-order valence-corrected chi connectivity index (χ4v) is 2.04. The van der Waals surface area contributed by atoms with E-state index in [4.69, 9.17) is 5.73 Å². The lowest BCUT2D eigenvalue weighted by molar-refractivity contribution is -0.121. The van der Waals surface area contributed by atoms with Crippen molar-refractivity contribution in [3.05, 3.63) is 35.1 Å².